The molecule has 0 atom stereocenters. The van der Waals surface area contributed by atoms with Crippen LogP contribution in [0.5, 0.6) is 0 Å². The van der Waals surface area contributed by atoms with Gasteiger partial charge < -0.3 is 0 Å². The van der Waals surface area contributed by atoms with Crippen molar-refractivity contribution in [3.05, 3.63) is 67.7 Å². The van der Waals surface area contributed by atoms with E-state index >= 15 is 0 Å². The van der Waals surface area contributed by atoms with Crippen LogP contribution in [0.1, 0.15) is 12.1 Å². The Hall–Kier alpha value is -1.96. The molecule has 16 heavy (non-hydrogen) atoms. The van der Waals surface area contributed by atoms with Gasteiger partial charge in [0.25, 0.3) is 0 Å². The van der Waals surface area contributed by atoms with Crippen LogP contribution in [0.25, 0.3) is 0 Å². The lowest BCUT2D eigenvalue weighted by molar-refractivity contribution is 0.680. The first-order valence-electron chi connectivity index (χ1n) is 5.24. The normalized spacial score (nSPS) is 17.6. The molecule has 1 aromatic rings. The summed E-state index contributed by atoms with van der Waals surface area (Å²) >= 11 is 0. The van der Waals surface area contributed by atoms with E-state index in [0.29, 0.717) is 0 Å². The number of aromatic nitrogens is 1. The molecule has 0 amide bonds. The van der Waals surface area contributed by atoms with Crippen LogP contribution in [0.3, 0.4) is 0 Å². The topological polar surface area (TPSA) is 25.2 Å². The Balaban J connectivity index is 2.52. The minimum Gasteiger partial charge on any atom is -0.258 e. The molecule has 1 aliphatic heterocycles. The molecule has 0 aromatic carbocycles. The lowest BCUT2D eigenvalue weighted by Gasteiger charge is -2.29. The van der Waals surface area contributed by atoms with Gasteiger partial charge in [0.05, 0.1) is 16.8 Å². The van der Waals surface area contributed by atoms with E-state index in [1.807, 2.05) is 42.6 Å². The average Bonchev–Trinajstić information content (AvgIpc) is 2.39. The summed E-state index contributed by atoms with van der Waals surface area (Å²) < 4.78 is 0. The zero-order chi connectivity index (χ0) is 11.4. The van der Waals surface area contributed by atoms with Gasteiger partial charge in [-0.3, -0.25) is 9.98 Å². The first-order valence-corrected chi connectivity index (χ1v) is 5.24. The van der Waals surface area contributed by atoms with Gasteiger partial charge in [-0.15, -0.1) is 13.2 Å². The second-order valence-electron chi connectivity index (χ2n) is 3.73. The van der Waals surface area contributed by atoms with E-state index in [1.54, 1.807) is 6.20 Å². The monoisotopic (exact) mass is 210 g/mol. The molecule has 1 aromatic heterocycles. The Labute approximate surface area is 95.8 Å². The number of rotatable bonds is 3. The second kappa shape index (κ2) is 4.27. The Bertz CT molecular complexity index is 447. The molecule has 0 radical (unpaired) electrons. The van der Waals surface area contributed by atoms with Gasteiger partial charge in [0.1, 0.15) is 0 Å². The molecular weight excluding hydrogens is 196 g/mol. The number of aliphatic imine (C=N–C) groups is 1. The number of allylic oxidation sites excluding steroid dienone is 3. The van der Waals surface area contributed by atoms with Crippen molar-refractivity contribution in [2.75, 3.05) is 0 Å². The fourth-order valence-corrected chi connectivity index (χ4v) is 1.84. The lowest BCUT2D eigenvalue weighted by atomic mass is 9.77. The summed E-state index contributed by atoms with van der Waals surface area (Å²) in [7, 11) is 0. The van der Waals surface area contributed by atoms with Gasteiger partial charge in [-0.25, -0.2) is 0 Å². The fourth-order valence-electron chi connectivity index (χ4n) is 1.84. The molecule has 0 unspecified atom stereocenters. The van der Waals surface area contributed by atoms with Crippen molar-refractivity contribution in [3.63, 3.8) is 0 Å². The van der Waals surface area contributed by atoms with Crippen LogP contribution in [0.15, 0.2) is 67.0 Å². The third kappa shape index (κ3) is 1.63. The molecule has 0 N–H and O–H groups in total. The Morgan fingerprint density at radius 1 is 1.25 bits per heavy atom. The van der Waals surface area contributed by atoms with Crippen LogP contribution < -0.4 is 0 Å². The third-order valence-corrected chi connectivity index (χ3v) is 2.84. The Kier molecular flexibility index (Phi) is 2.82. The molecule has 2 nitrogen and oxygen atoms in total. The van der Waals surface area contributed by atoms with Gasteiger partial charge >= 0.3 is 0 Å². The molecular formula is C14H14N2. The van der Waals surface area contributed by atoms with Crippen molar-refractivity contribution in [1.82, 2.24) is 4.98 Å². The van der Waals surface area contributed by atoms with E-state index in [4.69, 9.17) is 0 Å². The molecule has 0 saturated heterocycles. The van der Waals surface area contributed by atoms with Gasteiger partial charge in [-0.05, 0) is 18.6 Å². The van der Waals surface area contributed by atoms with Crippen LogP contribution >= 0.6 is 0 Å². The summed E-state index contributed by atoms with van der Waals surface area (Å²) in [6, 6.07) is 5.81. The summed E-state index contributed by atoms with van der Waals surface area (Å²) in [6.07, 6.45) is 10.2. The maximum absolute atomic E-state index is 4.43. The third-order valence-electron chi connectivity index (χ3n) is 2.84. The van der Waals surface area contributed by atoms with Crippen LogP contribution in [0.2, 0.25) is 0 Å². The van der Waals surface area contributed by atoms with E-state index in [2.05, 4.69) is 23.1 Å². The predicted molar refractivity (Wildman–Crippen MR) is 67.4 cm³/mol. The molecule has 0 aliphatic carbocycles. The maximum Gasteiger partial charge on any atom is 0.0856 e. The summed E-state index contributed by atoms with van der Waals surface area (Å²) in [5, 5.41) is 0. The first kappa shape index (κ1) is 10.6. The van der Waals surface area contributed by atoms with E-state index in [-0.39, 0.29) is 5.41 Å². The van der Waals surface area contributed by atoms with Crippen molar-refractivity contribution in [3.8, 4) is 0 Å². The SMILES string of the molecule is C=CC1(C=C)CC=CN=C1c1ccccn1. The van der Waals surface area contributed by atoms with Crippen molar-refractivity contribution >= 4 is 5.71 Å². The number of pyridine rings is 1. The molecule has 2 heteroatoms. The number of hydrogen-bond donors (Lipinski definition) is 0. The summed E-state index contributed by atoms with van der Waals surface area (Å²) in [6.45, 7) is 7.78. The fraction of sp³-hybridized carbons (Fsp3) is 0.143. The smallest absolute Gasteiger partial charge is 0.0856 e. The number of nitrogens with zero attached hydrogens (tertiary/aromatic N) is 2. The Morgan fingerprint density at radius 3 is 2.69 bits per heavy atom. The standard InChI is InChI=1S/C14H14N2/c1-3-14(4-2)9-7-11-16-13(14)12-8-5-6-10-15-12/h3-8,10-11H,1-2,9H2. The summed E-state index contributed by atoms with van der Waals surface area (Å²) in [5.41, 5.74) is 1.51. The van der Waals surface area contributed by atoms with E-state index in [1.165, 1.54) is 0 Å². The molecule has 80 valence electrons. The van der Waals surface area contributed by atoms with Gasteiger partial charge in [0.2, 0.25) is 0 Å². The van der Waals surface area contributed by atoms with E-state index in [9.17, 15) is 0 Å². The van der Waals surface area contributed by atoms with Crippen molar-refractivity contribution in [2.24, 2.45) is 10.4 Å². The highest BCUT2D eigenvalue weighted by Crippen LogP contribution is 2.33. The minimum atomic E-state index is -0.289. The quantitative estimate of drug-likeness (QED) is 0.703. The van der Waals surface area contributed by atoms with Gasteiger partial charge in [-0.2, -0.15) is 0 Å². The Morgan fingerprint density at radius 2 is 2.06 bits per heavy atom. The summed E-state index contributed by atoms with van der Waals surface area (Å²) in [5.74, 6) is 0. The summed E-state index contributed by atoms with van der Waals surface area (Å²) in [4.78, 5) is 8.76. The molecule has 2 rings (SSSR count). The maximum atomic E-state index is 4.43. The molecule has 0 fully saturated rings. The largest absolute Gasteiger partial charge is 0.258 e. The van der Waals surface area contributed by atoms with Crippen LogP contribution in [0.4, 0.5) is 0 Å². The number of hydrogen-bond acceptors (Lipinski definition) is 2. The van der Waals surface area contributed by atoms with Crippen LogP contribution in [-0.4, -0.2) is 10.7 Å². The molecule has 0 bridgehead atoms. The highest BCUT2D eigenvalue weighted by atomic mass is 14.8. The molecule has 2 heterocycles. The highest BCUT2D eigenvalue weighted by Gasteiger charge is 2.31. The zero-order valence-electron chi connectivity index (χ0n) is 9.13. The zero-order valence-corrected chi connectivity index (χ0v) is 9.13. The van der Waals surface area contributed by atoms with Gasteiger partial charge in [0.15, 0.2) is 0 Å². The average molecular weight is 210 g/mol. The molecule has 0 saturated carbocycles. The van der Waals surface area contributed by atoms with E-state index in [0.717, 1.165) is 17.8 Å². The highest BCUT2D eigenvalue weighted by molar-refractivity contribution is 6.06. The predicted octanol–water partition coefficient (Wildman–Crippen LogP) is 3.15. The van der Waals surface area contributed by atoms with Crippen molar-refractivity contribution in [2.45, 2.75) is 6.42 Å². The molecule has 0 spiro atoms. The van der Waals surface area contributed by atoms with Crippen molar-refractivity contribution in [1.29, 1.82) is 0 Å². The van der Waals surface area contributed by atoms with Crippen LogP contribution in [0, 0.1) is 5.41 Å². The first-order chi connectivity index (χ1) is 7.82. The van der Waals surface area contributed by atoms with Gasteiger partial charge in [-0.1, -0.05) is 24.3 Å². The van der Waals surface area contributed by atoms with Gasteiger partial charge in [0, 0.05) is 12.4 Å². The van der Waals surface area contributed by atoms with Crippen LogP contribution in [-0.2, 0) is 0 Å². The lowest BCUT2D eigenvalue weighted by Crippen LogP contribution is -2.29. The van der Waals surface area contributed by atoms with E-state index < -0.39 is 0 Å². The van der Waals surface area contributed by atoms with Crippen molar-refractivity contribution < 1.29 is 0 Å². The molecule has 1 aliphatic rings. The minimum absolute atomic E-state index is 0.289. The second-order valence-corrected chi connectivity index (χ2v) is 3.73.